The summed E-state index contributed by atoms with van der Waals surface area (Å²) in [7, 11) is 1.75. The second-order valence-electron chi connectivity index (χ2n) is 8.31. The minimum Gasteiger partial charge on any atom is -0.372 e. The summed E-state index contributed by atoms with van der Waals surface area (Å²) < 4.78 is 0. The Hall–Kier alpha value is -4.09. The summed E-state index contributed by atoms with van der Waals surface area (Å²) in [4.78, 5) is 30.4. The highest BCUT2D eigenvalue weighted by molar-refractivity contribution is 6.37. The predicted molar refractivity (Wildman–Crippen MR) is 133 cm³/mol. The van der Waals surface area contributed by atoms with E-state index in [9.17, 15) is 10.1 Å². The van der Waals surface area contributed by atoms with Crippen molar-refractivity contribution in [3.8, 4) is 17.2 Å². The van der Waals surface area contributed by atoms with Gasteiger partial charge in [0.25, 0.3) is 5.91 Å². The number of halogens is 1. The van der Waals surface area contributed by atoms with Crippen molar-refractivity contribution in [3.05, 3.63) is 71.0 Å². The first kappa shape index (κ1) is 23.1. The summed E-state index contributed by atoms with van der Waals surface area (Å²) in [6.45, 7) is 5.40. The second-order valence-corrected chi connectivity index (χ2v) is 8.69. The molecule has 4 aromatic rings. The fourth-order valence-corrected chi connectivity index (χ4v) is 3.76. The zero-order valence-electron chi connectivity index (χ0n) is 19.1. The summed E-state index contributed by atoms with van der Waals surface area (Å²) in [6.07, 6.45) is 6.57. The summed E-state index contributed by atoms with van der Waals surface area (Å²) in [5.74, 6) is 0.246. The number of carbonyl (C=O) groups excluding carboxylic acids is 1. The van der Waals surface area contributed by atoms with E-state index >= 15 is 0 Å². The summed E-state index contributed by atoms with van der Waals surface area (Å²) in [5, 5.41) is 16.4. The molecule has 4 heterocycles. The molecule has 0 unspecified atom stereocenters. The van der Waals surface area contributed by atoms with Crippen molar-refractivity contribution in [3.63, 3.8) is 0 Å². The van der Waals surface area contributed by atoms with E-state index in [4.69, 9.17) is 11.6 Å². The van der Waals surface area contributed by atoms with E-state index in [1.54, 1.807) is 51.6 Å². The van der Waals surface area contributed by atoms with Gasteiger partial charge in [-0.15, -0.1) is 0 Å². The molecule has 0 aromatic carbocycles. The third-order valence-corrected chi connectivity index (χ3v) is 5.86. The molecular weight excluding hydrogens is 450 g/mol. The number of hydrogen-bond donors (Lipinski definition) is 2. The second kappa shape index (κ2) is 9.04. The van der Waals surface area contributed by atoms with E-state index in [1.165, 1.54) is 6.20 Å². The number of nitrogens with zero attached hydrogens (tertiary/aromatic N) is 5. The van der Waals surface area contributed by atoms with Crippen LogP contribution in [0, 0.1) is 18.3 Å². The van der Waals surface area contributed by atoms with E-state index in [1.807, 2.05) is 19.1 Å². The first-order chi connectivity index (χ1) is 16.2. The molecule has 0 aliphatic rings. The summed E-state index contributed by atoms with van der Waals surface area (Å²) >= 11 is 6.39. The number of anilines is 2. The van der Waals surface area contributed by atoms with Gasteiger partial charge in [-0.25, -0.2) is 4.98 Å². The van der Waals surface area contributed by atoms with Crippen LogP contribution in [0.25, 0.3) is 22.0 Å². The maximum atomic E-state index is 12.9. The lowest BCUT2D eigenvalue weighted by atomic mass is 9.90. The standard InChI is InChI=1S/C25H22ClN7O/c1-14-19(16-7-17-11-32-23(28-4)21(26)22(17)31-10-16)9-18(12-30-14)33-24(34)15-5-6-29-20(8-15)25(2,3)13-27/h5-12H,1-4H3,(H,28,32)(H,33,34). The molecule has 0 aliphatic heterocycles. The maximum Gasteiger partial charge on any atom is 0.255 e. The Labute approximate surface area is 202 Å². The molecule has 2 N–H and O–H groups in total. The molecule has 34 heavy (non-hydrogen) atoms. The molecule has 1 amide bonds. The Kier molecular flexibility index (Phi) is 6.14. The zero-order valence-corrected chi connectivity index (χ0v) is 19.9. The van der Waals surface area contributed by atoms with E-state index < -0.39 is 5.41 Å². The number of pyridine rings is 4. The Morgan fingerprint density at radius 2 is 1.88 bits per heavy atom. The van der Waals surface area contributed by atoms with Gasteiger partial charge >= 0.3 is 0 Å². The number of nitriles is 1. The fourth-order valence-electron chi connectivity index (χ4n) is 3.46. The third-order valence-electron chi connectivity index (χ3n) is 5.50. The molecule has 9 heteroatoms. The Morgan fingerprint density at radius 1 is 1.09 bits per heavy atom. The van der Waals surface area contributed by atoms with Crippen molar-refractivity contribution < 1.29 is 4.79 Å². The molecule has 0 bridgehead atoms. The van der Waals surface area contributed by atoms with Gasteiger partial charge in [0.05, 0.1) is 34.6 Å². The highest BCUT2D eigenvalue weighted by Crippen LogP contribution is 2.31. The molecule has 4 rings (SSSR count). The molecule has 0 saturated carbocycles. The number of nitrogens with one attached hydrogen (secondary N) is 2. The number of amides is 1. The smallest absolute Gasteiger partial charge is 0.255 e. The Bertz CT molecular complexity index is 1460. The molecule has 4 aromatic heterocycles. The van der Waals surface area contributed by atoms with Crippen LogP contribution in [0.15, 0.2) is 49.1 Å². The molecule has 170 valence electrons. The first-order valence-electron chi connectivity index (χ1n) is 10.5. The van der Waals surface area contributed by atoms with E-state index in [-0.39, 0.29) is 5.91 Å². The molecule has 0 spiro atoms. The topological polar surface area (TPSA) is 116 Å². The SMILES string of the molecule is CNc1ncc2cc(-c3cc(NC(=O)c4ccnc(C(C)(C)C#N)c4)cnc3C)cnc2c1Cl. The van der Waals surface area contributed by atoms with Crippen LogP contribution in [0.4, 0.5) is 11.5 Å². The van der Waals surface area contributed by atoms with Crippen molar-refractivity contribution >= 4 is 39.9 Å². The minimum absolute atomic E-state index is 0.318. The molecule has 8 nitrogen and oxygen atoms in total. The first-order valence-corrected chi connectivity index (χ1v) is 10.9. The van der Waals surface area contributed by atoms with Crippen LogP contribution in [0.1, 0.15) is 35.6 Å². The van der Waals surface area contributed by atoms with Crippen molar-refractivity contribution in [2.75, 3.05) is 17.7 Å². The highest BCUT2D eigenvalue weighted by Gasteiger charge is 2.22. The normalized spacial score (nSPS) is 11.2. The van der Waals surface area contributed by atoms with Gasteiger partial charge in [-0.3, -0.25) is 19.7 Å². The number of hydrogen-bond acceptors (Lipinski definition) is 7. The largest absolute Gasteiger partial charge is 0.372 e. The van der Waals surface area contributed by atoms with E-state index in [0.717, 1.165) is 22.2 Å². The molecule has 0 aliphatic carbocycles. The van der Waals surface area contributed by atoms with Crippen LogP contribution in [0.2, 0.25) is 5.02 Å². The van der Waals surface area contributed by atoms with Crippen LogP contribution in [0.5, 0.6) is 0 Å². The van der Waals surface area contributed by atoms with Gasteiger partial charge in [0, 0.05) is 53.4 Å². The predicted octanol–water partition coefficient (Wildman–Crippen LogP) is 5.14. The van der Waals surface area contributed by atoms with Crippen LogP contribution < -0.4 is 10.6 Å². The fraction of sp³-hybridized carbons (Fsp3) is 0.200. The lowest BCUT2D eigenvalue weighted by molar-refractivity contribution is 0.102. The van der Waals surface area contributed by atoms with Gasteiger partial charge in [0.2, 0.25) is 0 Å². The quantitative estimate of drug-likeness (QED) is 0.413. The van der Waals surface area contributed by atoms with Crippen LogP contribution in [-0.4, -0.2) is 32.9 Å². The third kappa shape index (κ3) is 4.38. The Morgan fingerprint density at radius 3 is 2.62 bits per heavy atom. The molecular formula is C25H22ClN7O. The van der Waals surface area contributed by atoms with E-state index in [2.05, 4.69) is 36.6 Å². The van der Waals surface area contributed by atoms with Gasteiger partial charge < -0.3 is 10.6 Å². The monoisotopic (exact) mass is 471 g/mol. The molecule has 0 fully saturated rings. The van der Waals surface area contributed by atoms with Crippen molar-refractivity contribution in [2.24, 2.45) is 0 Å². The van der Waals surface area contributed by atoms with Gasteiger partial charge in [0.15, 0.2) is 0 Å². The van der Waals surface area contributed by atoms with Gasteiger partial charge in [-0.1, -0.05) is 11.6 Å². The summed E-state index contributed by atoms with van der Waals surface area (Å²) in [6, 6.07) is 9.23. The van der Waals surface area contributed by atoms with Crippen molar-refractivity contribution in [1.82, 2.24) is 19.9 Å². The van der Waals surface area contributed by atoms with Crippen molar-refractivity contribution in [1.29, 1.82) is 5.26 Å². The van der Waals surface area contributed by atoms with Crippen LogP contribution in [-0.2, 0) is 5.41 Å². The Balaban J connectivity index is 1.65. The molecule has 0 saturated heterocycles. The van der Waals surface area contributed by atoms with Gasteiger partial charge in [-0.2, -0.15) is 5.26 Å². The average Bonchev–Trinajstić information content (AvgIpc) is 2.85. The number of aromatic nitrogens is 4. The van der Waals surface area contributed by atoms with Gasteiger partial charge in [-0.05, 0) is 45.0 Å². The number of aryl methyl sites for hydroxylation is 1. The zero-order chi connectivity index (χ0) is 24.5. The molecule has 0 radical (unpaired) electrons. The van der Waals surface area contributed by atoms with Gasteiger partial charge in [0.1, 0.15) is 10.8 Å². The summed E-state index contributed by atoms with van der Waals surface area (Å²) in [5.41, 5.74) is 3.74. The van der Waals surface area contributed by atoms with Crippen LogP contribution in [0.3, 0.4) is 0 Å². The van der Waals surface area contributed by atoms with E-state index in [0.29, 0.717) is 33.3 Å². The molecule has 0 atom stereocenters. The average molecular weight is 472 g/mol. The maximum absolute atomic E-state index is 12.9. The highest BCUT2D eigenvalue weighted by atomic mass is 35.5. The number of fused-ring (bicyclic) bond motifs is 1. The number of carbonyl (C=O) groups is 1. The lowest BCUT2D eigenvalue weighted by Crippen LogP contribution is -2.18. The van der Waals surface area contributed by atoms with Crippen molar-refractivity contribution in [2.45, 2.75) is 26.2 Å². The minimum atomic E-state index is -0.802. The lowest BCUT2D eigenvalue weighted by Gasteiger charge is -2.15. The number of rotatable bonds is 5. The van der Waals surface area contributed by atoms with Crippen LogP contribution >= 0.6 is 11.6 Å².